The van der Waals surface area contributed by atoms with Crippen LogP contribution < -0.4 is 5.73 Å². The minimum Gasteiger partial charge on any atom is -0.450 e. The lowest BCUT2D eigenvalue weighted by atomic mass is 10.1. The molecular formula is C12H19NO2. The molecule has 2 N–H and O–H groups in total. The van der Waals surface area contributed by atoms with Crippen molar-refractivity contribution in [2.75, 3.05) is 6.61 Å². The summed E-state index contributed by atoms with van der Waals surface area (Å²) in [7, 11) is 0. The maximum Gasteiger partial charge on any atom is 0.404 e. The van der Waals surface area contributed by atoms with Gasteiger partial charge in [-0.25, -0.2) is 4.79 Å². The normalized spacial score (nSPS) is 8.67. The Balaban J connectivity index is 0.000000921. The van der Waals surface area contributed by atoms with Gasteiger partial charge in [0.15, 0.2) is 0 Å². The molecule has 0 unspecified atom stereocenters. The van der Waals surface area contributed by atoms with E-state index in [0.29, 0.717) is 6.61 Å². The van der Waals surface area contributed by atoms with Crippen LogP contribution in [-0.4, -0.2) is 12.7 Å². The zero-order valence-electron chi connectivity index (χ0n) is 9.40. The Kier molecular flexibility index (Phi) is 8.15. The zero-order chi connectivity index (χ0) is 11.5. The van der Waals surface area contributed by atoms with Crippen LogP contribution in [0.3, 0.4) is 0 Å². The molecule has 84 valence electrons. The van der Waals surface area contributed by atoms with Crippen molar-refractivity contribution < 1.29 is 9.53 Å². The fourth-order valence-corrected chi connectivity index (χ4v) is 1.09. The van der Waals surface area contributed by atoms with Gasteiger partial charge in [0.1, 0.15) is 0 Å². The number of primary amides is 1. The van der Waals surface area contributed by atoms with Gasteiger partial charge in [0.05, 0.1) is 6.61 Å². The van der Waals surface area contributed by atoms with Crippen molar-refractivity contribution in [3.63, 3.8) is 0 Å². The molecule has 3 heteroatoms. The second kappa shape index (κ2) is 9.06. The first-order chi connectivity index (χ1) is 7.29. The summed E-state index contributed by atoms with van der Waals surface area (Å²) in [5, 5.41) is 0. The van der Waals surface area contributed by atoms with E-state index in [1.165, 1.54) is 5.56 Å². The predicted octanol–water partition coefficient (Wildman–Crippen LogP) is 2.74. The molecule has 0 saturated heterocycles. The van der Waals surface area contributed by atoms with Crippen LogP contribution >= 0.6 is 0 Å². The van der Waals surface area contributed by atoms with E-state index in [4.69, 9.17) is 5.73 Å². The number of ether oxygens (including phenoxy) is 1. The molecule has 0 radical (unpaired) electrons. The van der Waals surface area contributed by atoms with Gasteiger partial charge in [-0.15, -0.1) is 0 Å². The second-order valence-corrected chi connectivity index (χ2v) is 2.76. The molecule has 0 fully saturated rings. The number of aryl methyl sites for hydroxylation is 1. The van der Waals surface area contributed by atoms with Crippen LogP contribution in [0, 0.1) is 0 Å². The maximum absolute atomic E-state index is 10.2. The molecule has 0 aliphatic heterocycles. The Morgan fingerprint density at radius 3 is 2.40 bits per heavy atom. The Labute approximate surface area is 91.2 Å². The Hall–Kier alpha value is -1.51. The first kappa shape index (κ1) is 13.5. The Morgan fingerprint density at radius 2 is 1.87 bits per heavy atom. The average molecular weight is 209 g/mol. The van der Waals surface area contributed by atoms with Gasteiger partial charge in [0.25, 0.3) is 0 Å². The van der Waals surface area contributed by atoms with E-state index in [1.54, 1.807) is 0 Å². The lowest BCUT2D eigenvalue weighted by molar-refractivity contribution is 0.155. The highest BCUT2D eigenvalue weighted by Gasteiger charge is 1.94. The number of amides is 1. The number of rotatable bonds is 4. The van der Waals surface area contributed by atoms with Crippen LogP contribution in [0.4, 0.5) is 4.79 Å². The fraction of sp³-hybridized carbons (Fsp3) is 0.417. The molecule has 0 atom stereocenters. The van der Waals surface area contributed by atoms with Gasteiger partial charge in [-0.05, 0) is 18.4 Å². The number of hydrogen-bond acceptors (Lipinski definition) is 2. The summed E-state index contributed by atoms with van der Waals surface area (Å²) >= 11 is 0. The lowest BCUT2D eigenvalue weighted by Crippen LogP contribution is -2.13. The van der Waals surface area contributed by atoms with Crippen LogP contribution in [-0.2, 0) is 11.2 Å². The van der Waals surface area contributed by atoms with E-state index in [-0.39, 0.29) is 0 Å². The number of benzene rings is 1. The molecule has 0 heterocycles. The topological polar surface area (TPSA) is 52.3 Å². The van der Waals surface area contributed by atoms with E-state index < -0.39 is 6.09 Å². The summed E-state index contributed by atoms with van der Waals surface area (Å²) in [6, 6.07) is 10.0. The van der Waals surface area contributed by atoms with Crippen molar-refractivity contribution in [2.45, 2.75) is 26.7 Å². The fourth-order valence-electron chi connectivity index (χ4n) is 1.09. The molecule has 0 aliphatic carbocycles. The van der Waals surface area contributed by atoms with Crippen molar-refractivity contribution in [1.82, 2.24) is 0 Å². The summed E-state index contributed by atoms with van der Waals surface area (Å²) in [5.41, 5.74) is 6.06. The van der Waals surface area contributed by atoms with E-state index >= 15 is 0 Å². The number of nitrogens with two attached hydrogens (primary N) is 1. The smallest absolute Gasteiger partial charge is 0.404 e. The maximum atomic E-state index is 10.2. The summed E-state index contributed by atoms with van der Waals surface area (Å²) in [6.45, 7) is 4.39. The minimum atomic E-state index is -0.701. The molecule has 1 aromatic rings. The molecule has 0 saturated carbocycles. The van der Waals surface area contributed by atoms with Crippen LogP contribution in [0.2, 0.25) is 0 Å². The second-order valence-electron chi connectivity index (χ2n) is 2.76. The Morgan fingerprint density at radius 1 is 1.27 bits per heavy atom. The first-order valence-corrected chi connectivity index (χ1v) is 5.25. The molecular weight excluding hydrogens is 190 g/mol. The first-order valence-electron chi connectivity index (χ1n) is 5.25. The minimum absolute atomic E-state index is 0.393. The molecule has 0 aromatic heterocycles. The third kappa shape index (κ3) is 7.55. The van der Waals surface area contributed by atoms with Gasteiger partial charge >= 0.3 is 6.09 Å². The van der Waals surface area contributed by atoms with E-state index in [2.05, 4.69) is 4.74 Å². The predicted molar refractivity (Wildman–Crippen MR) is 61.6 cm³/mol. The van der Waals surface area contributed by atoms with E-state index in [0.717, 1.165) is 12.8 Å². The van der Waals surface area contributed by atoms with Gasteiger partial charge in [0, 0.05) is 0 Å². The highest BCUT2D eigenvalue weighted by molar-refractivity contribution is 5.64. The third-order valence-electron chi connectivity index (χ3n) is 1.70. The molecule has 15 heavy (non-hydrogen) atoms. The molecule has 1 amide bonds. The summed E-state index contributed by atoms with van der Waals surface area (Å²) in [4.78, 5) is 10.2. The molecule has 0 bridgehead atoms. The zero-order valence-corrected chi connectivity index (χ0v) is 9.40. The van der Waals surface area contributed by atoms with Crippen LogP contribution in [0.5, 0.6) is 0 Å². The van der Waals surface area contributed by atoms with Gasteiger partial charge in [-0.1, -0.05) is 44.2 Å². The van der Waals surface area contributed by atoms with Crippen LogP contribution in [0.15, 0.2) is 30.3 Å². The summed E-state index contributed by atoms with van der Waals surface area (Å²) in [6.07, 6.45) is 1.02. The average Bonchev–Trinajstić information content (AvgIpc) is 2.28. The van der Waals surface area contributed by atoms with Crippen molar-refractivity contribution in [3.05, 3.63) is 35.9 Å². The van der Waals surface area contributed by atoms with Crippen LogP contribution in [0.25, 0.3) is 0 Å². The number of carbonyl (C=O) groups excluding carboxylic acids is 1. The number of carbonyl (C=O) groups is 1. The van der Waals surface area contributed by atoms with Gasteiger partial charge in [-0.2, -0.15) is 0 Å². The van der Waals surface area contributed by atoms with Crippen LogP contribution in [0.1, 0.15) is 25.8 Å². The summed E-state index contributed by atoms with van der Waals surface area (Å²) in [5.74, 6) is 0. The lowest BCUT2D eigenvalue weighted by Gasteiger charge is -2.01. The standard InChI is InChI=1S/C10H13NO2.C2H6/c11-10(12)13-8-4-7-9-5-2-1-3-6-9;1-2/h1-3,5-6H,4,7-8H2,(H2,11,12);1-2H3. The van der Waals surface area contributed by atoms with Crippen molar-refractivity contribution in [1.29, 1.82) is 0 Å². The highest BCUT2D eigenvalue weighted by Crippen LogP contribution is 2.01. The molecule has 0 spiro atoms. The quantitative estimate of drug-likeness (QED) is 0.775. The van der Waals surface area contributed by atoms with Crippen molar-refractivity contribution in [2.24, 2.45) is 5.73 Å². The van der Waals surface area contributed by atoms with Crippen molar-refractivity contribution in [3.8, 4) is 0 Å². The summed E-state index contributed by atoms with van der Waals surface area (Å²) < 4.78 is 4.60. The SMILES string of the molecule is CC.NC(=O)OCCCc1ccccc1. The largest absolute Gasteiger partial charge is 0.450 e. The van der Waals surface area contributed by atoms with Gasteiger partial charge in [0.2, 0.25) is 0 Å². The van der Waals surface area contributed by atoms with E-state index in [1.807, 2.05) is 44.2 Å². The monoisotopic (exact) mass is 209 g/mol. The third-order valence-corrected chi connectivity index (χ3v) is 1.70. The highest BCUT2D eigenvalue weighted by atomic mass is 16.5. The Bertz CT molecular complexity index is 260. The molecule has 1 aromatic carbocycles. The number of hydrogen-bond donors (Lipinski definition) is 1. The van der Waals surface area contributed by atoms with Crippen molar-refractivity contribution >= 4 is 6.09 Å². The van der Waals surface area contributed by atoms with Gasteiger partial charge < -0.3 is 10.5 Å². The molecule has 0 aliphatic rings. The molecule has 1 rings (SSSR count). The van der Waals surface area contributed by atoms with E-state index in [9.17, 15) is 4.79 Å². The van der Waals surface area contributed by atoms with Gasteiger partial charge in [-0.3, -0.25) is 0 Å². The molecule has 3 nitrogen and oxygen atoms in total.